The van der Waals surface area contributed by atoms with Crippen LogP contribution in [0.5, 0.6) is 0 Å². The Hall–Kier alpha value is -0.650. The maximum Gasteiger partial charge on any atom is 0.327 e. The molecule has 20 heavy (non-hydrogen) atoms. The zero-order chi connectivity index (χ0) is 14.6. The summed E-state index contributed by atoms with van der Waals surface area (Å²) < 4.78 is 5.11. The molecule has 2 atom stereocenters. The molecule has 0 radical (unpaired) electrons. The third-order valence-corrected chi connectivity index (χ3v) is 5.04. The van der Waals surface area contributed by atoms with Gasteiger partial charge in [0.25, 0.3) is 0 Å². The summed E-state index contributed by atoms with van der Waals surface area (Å²) >= 11 is 0. The average molecular weight is 283 g/mol. The molecular formula is C15H29N3O2. The molecule has 0 aromatic carbocycles. The first-order chi connectivity index (χ1) is 9.67. The summed E-state index contributed by atoms with van der Waals surface area (Å²) in [6.07, 6.45) is 3.18. The predicted octanol–water partition coefficient (Wildman–Crippen LogP) is 0.698. The second kappa shape index (κ2) is 6.87. The molecule has 1 N–H and O–H groups in total. The van der Waals surface area contributed by atoms with Crippen LogP contribution in [0.3, 0.4) is 0 Å². The molecule has 0 aromatic heterocycles. The average Bonchev–Trinajstić information content (AvgIpc) is 3.06. The Balaban J connectivity index is 1.99. The van der Waals surface area contributed by atoms with E-state index in [-0.39, 0.29) is 5.97 Å². The monoisotopic (exact) mass is 283 g/mol. The lowest BCUT2D eigenvalue weighted by Gasteiger charge is -2.34. The van der Waals surface area contributed by atoms with E-state index < -0.39 is 5.54 Å². The number of esters is 1. The van der Waals surface area contributed by atoms with E-state index in [4.69, 9.17) is 4.74 Å². The van der Waals surface area contributed by atoms with Crippen LogP contribution in [0.1, 0.15) is 33.1 Å². The molecule has 2 aliphatic rings. The Bertz CT molecular complexity index is 333. The molecule has 0 bridgehead atoms. The lowest BCUT2D eigenvalue weighted by molar-refractivity contribution is -0.149. The summed E-state index contributed by atoms with van der Waals surface area (Å²) in [7, 11) is 1.51. The van der Waals surface area contributed by atoms with Gasteiger partial charge in [0.1, 0.15) is 5.54 Å². The molecule has 0 aromatic rings. The summed E-state index contributed by atoms with van der Waals surface area (Å²) in [5.41, 5.74) is -0.474. The first kappa shape index (κ1) is 15.7. The number of hydrogen-bond acceptors (Lipinski definition) is 5. The Morgan fingerprint density at radius 1 is 1.40 bits per heavy atom. The quantitative estimate of drug-likeness (QED) is 0.697. The highest BCUT2D eigenvalue weighted by Gasteiger charge is 2.54. The van der Waals surface area contributed by atoms with Crippen LogP contribution in [0, 0.1) is 0 Å². The van der Waals surface area contributed by atoms with Crippen molar-refractivity contribution in [2.75, 3.05) is 46.4 Å². The SMILES string of the molecule is CCN(CC)CCNC1(C(=O)OC)CCN2CCCC21. The van der Waals surface area contributed by atoms with Gasteiger partial charge in [0, 0.05) is 25.7 Å². The summed E-state index contributed by atoms with van der Waals surface area (Å²) in [5.74, 6) is -0.0774. The molecular weight excluding hydrogens is 254 g/mol. The number of carbonyl (C=O) groups is 1. The van der Waals surface area contributed by atoms with Crippen LogP contribution in [0.4, 0.5) is 0 Å². The van der Waals surface area contributed by atoms with Crippen molar-refractivity contribution < 1.29 is 9.53 Å². The highest BCUT2D eigenvalue weighted by atomic mass is 16.5. The van der Waals surface area contributed by atoms with Gasteiger partial charge in [-0.1, -0.05) is 13.8 Å². The molecule has 2 saturated heterocycles. The van der Waals surface area contributed by atoms with Crippen LogP contribution in [-0.2, 0) is 9.53 Å². The lowest BCUT2D eigenvalue weighted by Crippen LogP contribution is -2.60. The number of likely N-dealkylation sites (N-methyl/N-ethyl adjacent to an activating group) is 1. The van der Waals surface area contributed by atoms with Crippen molar-refractivity contribution in [3.05, 3.63) is 0 Å². The van der Waals surface area contributed by atoms with Crippen molar-refractivity contribution in [2.45, 2.75) is 44.7 Å². The van der Waals surface area contributed by atoms with Gasteiger partial charge in [-0.2, -0.15) is 0 Å². The number of fused-ring (bicyclic) bond motifs is 1. The largest absolute Gasteiger partial charge is 0.468 e. The maximum absolute atomic E-state index is 12.4. The first-order valence-corrected chi connectivity index (χ1v) is 7.97. The van der Waals surface area contributed by atoms with Gasteiger partial charge in [-0.05, 0) is 38.9 Å². The zero-order valence-corrected chi connectivity index (χ0v) is 13.2. The number of rotatable bonds is 7. The van der Waals surface area contributed by atoms with Crippen molar-refractivity contribution in [3.63, 3.8) is 0 Å². The van der Waals surface area contributed by atoms with Crippen LogP contribution in [-0.4, -0.2) is 73.7 Å². The minimum absolute atomic E-state index is 0.0774. The van der Waals surface area contributed by atoms with Gasteiger partial charge in [-0.15, -0.1) is 0 Å². The van der Waals surface area contributed by atoms with E-state index in [1.165, 1.54) is 13.5 Å². The summed E-state index contributed by atoms with van der Waals surface area (Å²) in [4.78, 5) is 17.2. The third-order valence-electron chi connectivity index (χ3n) is 5.04. The van der Waals surface area contributed by atoms with Crippen molar-refractivity contribution in [2.24, 2.45) is 0 Å². The molecule has 2 aliphatic heterocycles. The molecule has 5 nitrogen and oxygen atoms in total. The van der Waals surface area contributed by atoms with Crippen LogP contribution >= 0.6 is 0 Å². The molecule has 5 heteroatoms. The summed E-state index contributed by atoms with van der Waals surface area (Å²) in [5, 5.41) is 3.56. The molecule has 2 rings (SSSR count). The molecule has 0 spiro atoms. The Morgan fingerprint density at radius 3 is 2.80 bits per heavy atom. The van der Waals surface area contributed by atoms with E-state index in [2.05, 4.69) is 29.0 Å². The fourth-order valence-electron chi connectivity index (χ4n) is 3.81. The van der Waals surface area contributed by atoms with Gasteiger partial charge in [0.2, 0.25) is 0 Å². The van der Waals surface area contributed by atoms with E-state index in [9.17, 15) is 4.79 Å². The normalized spacial score (nSPS) is 29.9. The molecule has 2 unspecified atom stereocenters. The molecule has 0 amide bonds. The number of carbonyl (C=O) groups excluding carboxylic acids is 1. The number of ether oxygens (including phenoxy) is 1. The minimum Gasteiger partial charge on any atom is -0.468 e. The van der Waals surface area contributed by atoms with E-state index in [1.54, 1.807) is 0 Å². The van der Waals surface area contributed by atoms with Crippen LogP contribution < -0.4 is 5.32 Å². The van der Waals surface area contributed by atoms with Crippen LogP contribution in [0.2, 0.25) is 0 Å². The zero-order valence-electron chi connectivity index (χ0n) is 13.2. The Kier molecular flexibility index (Phi) is 5.41. The number of nitrogens with zero attached hydrogens (tertiary/aromatic N) is 2. The van der Waals surface area contributed by atoms with Crippen molar-refractivity contribution >= 4 is 5.97 Å². The van der Waals surface area contributed by atoms with Crippen molar-refractivity contribution in [1.29, 1.82) is 0 Å². The van der Waals surface area contributed by atoms with Gasteiger partial charge in [-0.25, -0.2) is 4.79 Å². The van der Waals surface area contributed by atoms with Gasteiger partial charge in [0.05, 0.1) is 7.11 Å². The standard InChI is InChI=1S/C15H29N3O2/c1-4-17(5-2)12-9-16-15(14(19)20-3)8-11-18-10-6-7-13(15)18/h13,16H,4-12H2,1-3H3. The fourth-order valence-corrected chi connectivity index (χ4v) is 3.81. The van der Waals surface area contributed by atoms with Gasteiger partial charge in [0.15, 0.2) is 0 Å². The van der Waals surface area contributed by atoms with Crippen molar-refractivity contribution in [1.82, 2.24) is 15.1 Å². The van der Waals surface area contributed by atoms with Gasteiger partial charge in [-0.3, -0.25) is 10.2 Å². The van der Waals surface area contributed by atoms with E-state index in [0.717, 1.165) is 52.1 Å². The summed E-state index contributed by atoms with van der Waals surface area (Å²) in [6.45, 7) is 10.4. The third kappa shape index (κ3) is 2.85. The first-order valence-electron chi connectivity index (χ1n) is 7.97. The smallest absolute Gasteiger partial charge is 0.327 e. The highest BCUT2D eigenvalue weighted by Crippen LogP contribution is 2.36. The van der Waals surface area contributed by atoms with Crippen LogP contribution in [0.25, 0.3) is 0 Å². The van der Waals surface area contributed by atoms with Crippen LogP contribution in [0.15, 0.2) is 0 Å². The minimum atomic E-state index is -0.474. The maximum atomic E-state index is 12.4. The molecule has 116 valence electrons. The number of nitrogens with one attached hydrogen (secondary N) is 1. The second-order valence-electron chi connectivity index (χ2n) is 5.86. The lowest BCUT2D eigenvalue weighted by atomic mass is 9.88. The van der Waals surface area contributed by atoms with E-state index in [0.29, 0.717) is 6.04 Å². The second-order valence-corrected chi connectivity index (χ2v) is 5.86. The van der Waals surface area contributed by atoms with E-state index in [1.807, 2.05) is 0 Å². The molecule has 0 saturated carbocycles. The Morgan fingerprint density at radius 2 is 2.15 bits per heavy atom. The molecule has 2 heterocycles. The Labute approximate surface area is 122 Å². The van der Waals surface area contributed by atoms with Gasteiger partial charge >= 0.3 is 5.97 Å². The topological polar surface area (TPSA) is 44.8 Å². The molecule has 2 fully saturated rings. The fraction of sp³-hybridized carbons (Fsp3) is 0.933. The number of hydrogen-bond donors (Lipinski definition) is 1. The highest BCUT2D eigenvalue weighted by molar-refractivity contribution is 5.82. The van der Waals surface area contributed by atoms with E-state index >= 15 is 0 Å². The van der Waals surface area contributed by atoms with Gasteiger partial charge < -0.3 is 9.64 Å². The molecule has 0 aliphatic carbocycles. The summed E-state index contributed by atoms with van der Waals surface area (Å²) in [6, 6.07) is 0.326. The van der Waals surface area contributed by atoms with Crippen molar-refractivity contribution in [3.8, 4) is 0 Å². The number of methoxy groups -OCH3 is 1. The predicted molar refractivity (Wildman–Crippen MR) is 79.7 cm³/mol.